The Balaban J connectivity index is 2.32. The van der Waals surface area contributed by atoms with E-state index < -0.39 is 0 Å². The molecular weight excluding hydrogens is 308 g/mol. The summed E-state index contributed by atoms with van der Waals surface area (Å²) in [5, 5.41) is 4.39. The van der Waals surface area contributed by atoms with Gasteiger partial charge in [0.2, 0.25) is 0 Å². The van der Waals surface area contributed by atoms with Crippen molar-refractivity contribution in [1.82, 2.24) is 9.78 Å². The third-order valence-electron chi connectivity index (χ3n) is 2.88. The Hall–Kier alpha value is -1.62. The molecule has 0 aliphatic heterocycles. The van der Waals surface area contributed by atoms with E-state index in [9.17, 15) is 4.79 Å². The number of nitrogens with zero attached hydrogens (tertiary/aromatic N) is 2. The van der Waals surface area contributed by atoms with Gasteiger partial charge in [-0.05, 0) is 40.5 Å². The fraction of sp³-hybridized carbons (Fsp3) is 0.286. The molecule has 0 radical (unpaired) electrons. The Morgan fingerprint density at radius 2 is 2.00 bits per heavy atom. The maximum atomic E-state index is 11.7. The van der Waals surface area contributed by atoms with Gasteiger partial charge in [-0.1, -0.05) is 12.1 Å². The topological polar surface area (TPSA) is 44.1 Å². The predicted molar refractivity (Wildman–Crippen MR) is 76.8 cm³/mol. The number of hydrogen-bond acceptors (Lipinski definition) is 3. The molecule has 0 aliphatic rings. The zero-order valence-electron chi connectivity index (χ0n) is 11.1. The fourth-order valence-electron chi connectivity index (χ4n) is 1.91. The van der Waals surface area contributed by atoms with Crippen LogP contribution < -0.4 is 4.74 Å². The summed E-state index contributed by atoms with van der Waals surface area (Å²) in [4.78, 5) is 11.7. The van der Waals surface area contributed by atoms with Crippen molar-refractivity contribution in [2.75, 3.05) is 7.11 Å². The molecule has 0 fully saturated rings. The summed E-state index contributed by atoms with van der Waals surface area (Å²) in [5.74, 6) is 0.814. The summed E-state index contributed by atoms with van der Waals surface area (Å²) in [5.41, 5.74) is 2.49. The molecule has 1 aromatic heterocycles. The van der Waals surface area contributed by atoms with Crippen LogP contribution in [0.3, 0.4) is 0 Å². The Morgan fingerprint density at radius 3 is 2.53 bits per heavy atom. The maximum absolute atomic E-state index is 11.7. The van der Waals surface area contributed by atoms with Crippen molar-refractivity contribution in [1.29, 1.82) is 0 Å². The Kier molecular flexibility index (Phi) is 4.04. The zero-order chi connectivity index (χ0) is 14.0. The van der Waals surface area contributed by atoms with Crippen molar-refractivity contribution < 1.29 is 9.53 Å². The smallest absolute Gasteiger partial charge is 0.178 e. The summed E-state index contributed by atoms with van der Waals surface area (Å²) in [6, 6.07) is 7.73. The van der Waals surface area contributed by atoms with Gasteiger partial charge in [-0.3, -0.25) is 9.48 Å². The van der Waals surface area contributed by atoms with E-state index in [-0.39, 0.29) is 5.78 Å². The molecule has 0 bridgehead atoms. The van der Waals surface area contributed by atoms with E-state index in [4.69, 9.17) is 4.74 Å². The summed E-state index contributed by atoms with van der Waals surface area (Å²) in [6.07, 6.45) is 0. The first-order chi connectivity index (χ1) is 9.02. The lowest BCUT2D eigenvalue weighted by Crippen LogP contribution is -2.09. The first kappa shape index (κ1) is 13.8. The maximum Gasteiger partial charge on any atom is 0.178 e. The lowest BCUT2D eigenvalue weighted by Gasteiger charge is -2.06. The minimum Gasteiger partial charge on any atom is -0.497 e. The third kappa shape index (κ3) is 2.87. The van der Waals surface area contributed by atoms with Crippen molar-refractivity contribution in [3.05, 3.63) is 45.7 Å². The van der Waals surface area contributed by atoms with E-state index in [1.807, 2.05) is 31.2 Å². The number of halogens is 1. The second-order valence-electron chi connectivity index (χ2n) is 4.31. The SMILES string of the molecule is COc1ccc(Cn2nc(C)c(Br)c2C(C)=O)cc1. The molecule has 100 valence electrons. The molecule has 0 spiro atoms. The van der Waals surface area contributed by atoms with E-state index in [0.29, 0.717) is 12.2 Å². The fourth-order valence-corrected chi connectivity index (χ4v) is 2.48. The van der Waals surface area contributed by atoms with Gasteiger partial charge in [0.15, 0.2) is 5.78 Å². The molecule has 2 aromatic rings. The predicted octanol–water partition coefficient (Wildman–Crippen LogP) is 3.21. The highest BCUT2D eigenvalue weighted by Gasteiger charge is 2.16. The Bertz CT molecular complexity index is 603. The Labute approximate surface area is 120 Å². The highest BCUT2D eigenvalue weighted by molar-refractivity contribution is 9.10. The van der Waals surface area contributed by atoms with Gasteiger partial charge in [0, 0.05) is 6.92 Å². The van der Waals surface area contributed by atoms with Crippen molar-refractivity contribution in [3.8, 4) is 5.75 Å². The molecule has 19 heavy (non-hydrogen) atoms. The van der Waals surface area contributed by atoms with Gasteiger partial charge in [0.1, 0.15) is 11.4 Å². The third-order valence-corrected chi connectivity index (χ3v) is 3.83. The number of hydrogen-bond donors (Lipinski definition) is 0. The first-order valence-corrected chi connectivity index (χ1v) is 6.69. The van der Waals surface area contributed by atoms with Crippen molar-refractivity contribution in [3.63, 3.8) is 0 Å². The number of ether oxygens (including phenoxy) is 1. The average molecular weight is 323 g/mol. The lowest BCUT2D eigenvalue weighted by atomic mass is 10.2. The van der Waals surface area contributed by atoms with Gasteiger partial charge in [0.25, 0.3) is 0 Å². The normalized spacial score (nSPS) is 10.5. The van der Waals surface area contributed by atoms with Crippen LogP contribution in [0.5, 0.6) is 5.75 Å². The summed E-state index contributed by atoms with van der Waals surface area (Å²) < 4.78 is 7.62. The standard InChI is InChI=1S/C14H15BrN2O2/c1-9-13(15)14(10(2)18)17(16-9)8-11-4-6-12(19-3)7-5-11/h4-7H,8H2,1-3H3. The van der Waals surface area contributed by atoms with Gasteiger partial charge in [-0.15, -0.1) is 0 Å². The van der Waals surface area contributed by atoms with Crippen LogP contribution in [-0.4, -0.2) is 22.7 Å². The summed E-state index contributed by atoms with van der Waals surface area (Å²) >= 11 is 3.41. The minimum atomic E-state index is 0.000914. The van der Waals surface area contributed by atoms with Gasteiger partial charge >= 0.3 is 0 Å². The molecule has 0 amide bonds. The molecule has 1 heterocycles. The van der Waals surface area contributed by atoms with E-state index in [1.165, 1.54) is 0 Å². The van der Waals surface area contributed by atoms with E-state index >= 15 is 0 Å². The van der Waals surface area contributed by atoms with Crippen LogP contribution in [0, 0.1) is 6.92 Å². The van der Waals surface area contributed by atoms with E-state index in [2.05, 4.69) is 21.0 Å². The van der Waals surface area contributed by atoms with Gasteiger partial charge in [0.05, 0.1) is 23.8 Å². The minimum absolute atomic E-state index is 0.000914. The molecule has 4 nitrogen and oxygen atoms in total. The molecule has 0 unspecified atom stereocenters. The van der Waals surface area contributed by atoms with Crippen molar-refractivity contribution in [2.24, 2.45) is 0 Å². The molecule has 0 aliphatic carbocycles. The van der Waals surface area contributed by atoms with Crippen LogP contribution in [0.15, 0.2) is 28.7 Å². The first-order valence-electron chi connectivity index (χ1n) is 5.89. The van der Waals surface area contributed by atoms with Gasteiger partial charge < -0.3 is 4.74 Å². The number of ketones is 1. The molecule has 5 heteroatoms. The highest BCUT2D eigenvalue weighted by Crippen LogP contribution is 2.22. The number of aromatic nitrogens is 2. The van der Waals surface area contributed by atoms with E-state index in [1.54, 1.807) is 18.7 Å². The van der Waals surface area contributed by atoms with Gasteiger partial charge in [-0.25, -0.2) is 0 Å². The van der Waals surface area contributed by atoms with Crippen LogP contribution in [0.2, 0.25) is 0 Å². The van der Waals surface area contributed by atoms with Crippen LogP contribution in [-0.2, 0) is 6.54 Å². The van der Waals surface area contributed by atoms with Crippen LogP contribution >= 0.6 is 15.9 Å². The average Bonchev–Trinajstić information content (AvgIpc) is 2.65. The Morgan fingerprint density at radius 1 is 1.37 bits per heavy atom. The molecule has 0 N–H and O–H groups in total. The number of carbonyl (C=O) groups excluding carboxylic acids is 1. The monoisotopic (exact) mass is 322 g/mol. The van der Waals surface area contributed by atoms with Crippen molar-refractivity contribution in [2.45, 2.75) is 20.4 Å². The number of benzene rings is 1. The number of aryl methyl sites for hydroxylation is 1. The zero-order valence-corrected chi connectivity index (χ0v) is 12.7. The quantitative estimate of drug-likeness (QED) is 0.812. The number of rotatable bonds is 4. The van der Waals surface area contributed by atoms with Crippen LogP contribution in [0.4, 0.5) is 0 Å². The highest BCUT2D eigenvalue weighted by atomic mass is 79.9. The van der Waals surface area contributed by atoms with Gasteiger partial charge in [-0.2, -0.15) is 5.10 Å². The molecular formula is C14H15BrN2O2. The van der Waals surface area contributed by atoms with E-state index in [0.717, 1.165) is 21.5 Å². The number of Topliss-reactive ketones (excluding diaryl/α,β-unsaturated/α-hetero) is 1. The lowest BCUT2D eigenvalue weighted by molar-refractivity contribution is 0.100. The number of carbonyl (C=O) groups is 1. The molecule has 1 aromatic carbocycles. The van der Waals surface area contributed by atoms with Crippen molar-refractivity contribution >= 4 is 21.7 Å². The second-order valence-corrected chi connectivity index (χ2v) is 5.10. The largest absolute Gasteiger partial charge is 0.497 e. The second kappa shape index (κ2) is 5.57. The van der Waals surface area contributed by atoms with Crippen LogP contribution in [0.25, 0.3) is 0 Å². The van der Waals surface area contributed by atoms with Crippen LogP contribution in [0.1, 0.15) is 28.7 Å². The molecule has 0 atom stereocenters. The summed E-state index contributed by atoms with van der Waals surface area (Å²) in [7, 11) is 1.64. The molecule has 2 rings (SSSR count). The summed E-state index contributed by atoms with van der Waals surface area (Å²) in [6.45, 7) is 3.98. The molecule has 0 saturated heterocycles. The molecule has 0 saturated carbocycles. The number of methoxy groups -OCH3 is 1.